The molecule has 0 spiro atoms. The van der Waals surface area contributed by atoms with Crippen LogP contribution in [-0.2, 0) is 19.4 Å². The molecule has 2 aromatic heterocycles. The minimum atomic E-state index is 0.376. The number of halogens is 1. The third-order valence-electron chi connectivity index (χ3n) is 4.03. The highest BCUT2D eigenvalue weighted by molar-refractivity contribution is 9.10. The molecular weight excluding hydrogens is 456 g/mol. The Morgan fingerprint density at radius 3 is 2.64 bits per heavy atom. The lowest BCUT2D eigenvalue weighted by Crippen LogP contribution is -2.04. The fraction of sp³-hybridized carbons (Fsp3) is 0.150. The number of hydrogen-bond acceptors (Lipinski definition) is 6. The molecule has 2 aromatic carbocycles. The van der Waals surface area contributed by atoms with Crippen LogP contribution < -0.4 is 4.74 Å². The molecule has 0 radical (unpaired) electrons. The average Bonchev–Trinajstić information content (AvgIpc) is 3.34. The topological polar surface area (TPSA) is 52.8 Å². The Hall–Kier alpha value is -2.16. The van der Waals surface area contributed by atoms with Crippen LogP contribution in [-0.4, -0.2) is 19.7 Å². The van der Waals surface area contributed by atoms with Gasteiger partial charge in [0.2, 0.25) is 0 Å². The van der Waals surface area contributed by atoms with Gasteiger partial charge in [-0.3, -0.25) is 0 Å². The first kappa shape index (κ1) is 19.2. The van der Waals surface area contributed by atoms with E-state index >= 15 is 0 Å². The summed E-state index contributed by atoms with van der Waals surface area (Å²) in [7, 11) is 1.96. The normalized spacial score (nSPS) is 10.9. The van der Waals surface area contributed by atoms with Crippen LogP contribution in [0.1, 0.15) is 11.5 Å². The van der Waals surface area contributed by atoms with Crippen LogP contribution in [0, 0.1) is 0 Å². The van der Waals surface area contributed by atoms with Crippen LogP contribution in [0.5, 0.6) is 5.75 Å². The van der Waals surface area contributed by atoms with Crippen LogP contribution in [0.3, 0.4) is 0 Å². The zero-order chi connectivity index (χ0) is 19.3. The van der Waals surface area contributed by atoms with E-state index in [1.54, 1.807) is 23.1 Å². The van der Waals surface area contributed by atoms with E-state index in [0.717, 1.165) is 43.2 Å². The SMILES string of the molecule is Cn1c(COc2ccc(Br)cc2)nnc1SCc1csc(-c2ccccc2)n1. The number of rotatable bonds is 7. The van der Waals surface area contributed by atoms with E-state index in [1.165, 1.54) is 0 Å². The predicted octanol–water partition coefficient (Wildman–Crippen LogP) is 5.57. The van der Waals surface area contributed by atoms with Crippen molar-refractivity contribution < 1.29 is 4.74 Å². The lowest BCUT2D eigenvalue weighted by molar-refractivity contribution is 0.290. The summed E-state index contributed by atoms with van der Waals surface area (Å²) < 4.78 is 8.78. The monoisotopic (exact) mass is 472 g/mol. The summed E-state index contributed by atoms with van der Waals surface area (Å²) in [4.78, 5) is 4.73. The van der Waals surface area contributed by atoms with Gasteiger partial charge in [0.05, 0.1) is 5.69 Å². The minimum absolute atomic E-state index is 0.376. The Morgan fingerprint density at radius 1 is 1.07 bits per heavy atom. The van der Waals surface area contributed by atoms with Crippen LogP contribution in [0.25, 0.3) is 10.6 Å². The standard InChI is InChI=1S/C20H17BrN4OS2/c1-25-18(11-26-17-9-7-15(21)8-10-17)23-24-20(25)28-13-16-12-27-19(22-16)14-5-3-2-4-6-14/h2-10,12H,11,13H2,1H3. The molecule has 0 amide bonds. The first-order chi connectivity index (χ1) is 13.7. The van der Waals surface area contributed by atoms with Crippen molar-refractivity contribution in [3.8, 4) is 16.3 Å². The lowest BCUT2D eigenvalue weighted by atomic mass is 10.2. The molecule has 2 heterocycles. The van der Waals surface area contributed by atoms with Gasteiger partial charge in [-0.2, -0.15) is 0 Å². The number of thioether (sulfide) groups is 1. The molecule has 4 rings (SSSR count). The van der Waals surface area contributed by atoms with Crippen molar-refractivity contribution in [2.75, 3.05) is 0 Å². The van der Waals surface area contributed by atoms with Gasteiger partial charge >= 0.3 is 0 Å². The van der Waals surface area contributed by atoms with Crippen molar-refractivity contribution in [3.05, 3.63) is 76.0 Å². The molecule has 4 aromatic rings. The molecule has 0 saturated heterocycles. The summed E-state index contributed by atoms with van der Waals surface area (Å²) in [5, 5.41) is 12.5. The third kappa shape index (κ3) is 4.63. The molecule has 0 fully saturated rings. The second kappa shape index (κ2) is 8.89. The maximum absolute atomic E-state index is 5.79. The summed E-state index contributed by atoms with van der Waals surface area (Å²) in [5.74, 6) is 2.34. The molecule has 0 N–H and O–H groups in total. The van der Waals surface area contributed by atoms with Gasteiger partial charge in [-0.15, -0.1) is 21.5 Å². The highest BCUT2D eigenvalue weighted by Crippen LogP contribution is 2.27. The van der Waals surface area contributed by atoms with Crippen molar-refractivity contribution in [1.29, 1.82) is 0 Å². The van der Waals surface area contributed by atoms with Crippen LogP contribution in [0.2, 0.25) is 0 Å². The average molecular weight is 473 g/mol. The van der Waals surface area contributed by atoms with E-state index in [2.05, 4.69) is 43.6 Å². The molecule has 0 saturated carbocycles. The van der Waals surface area contributed by atoms with E-state index in [4.69, 9.17) is 9.72 Å². The summed E-state index contributed by atoms with van der Waals surface area (Å²) in [6.07, 6.45) is 0. The van der Waals surface area contributed by atoms with Gasteiger partial charge in [-0.25, -0.2) is 4.98 Å². The number of aromatic nitrogens is 4. The molecule has 0 aliphatic heterocycles. The number of benzene rings is 2. The smallest absolute Gasteiger partial charge is 0.191 e. The largest absolute Gasteiger partial charge is 0.486 e. The second-order valence-electron chi connectivity index (χ2n) is 6.00. The number of hydrogen-bond donors (Lipinski definition) is 0. The van der Waals surface area contributed by atoms with Crippen molar-refractivity contribution >= 4 is 39.0 Å². The van der Waals surface area contributed by atoms with Crippen LogP contribution in [0.4, 0.5) is 0 Å². The first-order valence-corrected chi connectivity index (χ1v) is 11.2. The number of ether oxygens (including phenoxy) is 1. The van der Waals surface area contributed by atoms with Gasteiger partial charge in [-0.1, -0.05) is 58.0 Å². The predicted molar refractivity (Wildman–Crippen MR) is 117 cm³/mol. The van der Waals surface area contributed by atoms with Gasteiger partial charge in [0.25, 0.3) is 0 Å². The lowest BCUT2D eigenvalue weighted by Gasteiger charge is -2.06. The van der Waals surface area contributed by atoms with Crippen molar-refractivity contribution in [2.45, 2.75) is 17.5 Å². The molecule has 0 aliphatic rings. The quantitative estimate of drug-likeness (QED) is 0.329. The molecule has 28 heavy (non-hydrogen) atoms. The Balaban J connectivity index is 1.36. The van der Waals surface area contributed by atoms with Crippen molar-refractivity contribution in [2.24, 2.45) is 7.05 Å². The zero-order valence-corrected chi connectivity index (χ0v) is 18.3. The fourth-order valence-corrected chi connectivity index (χ4v) is 4.52. The second-order valence-corrected chi connectivity index (χ2v) is 8.72. The maximum Gasteiger partial charge on any atom is 0.191 e. The Morgan fingerprint density at radius 2 is 1.86 bits per heavy atom. The summed E-state index contributed by atoms with van der Waals surface area (Å²) >= 11 is 6.71. The fourth-order valence-electron chi connectivity index (χ4n) is 2.50. The molecule has 0 unspecified atom stereocenters. The van der Waals surface area contributed by atoms with Gasteiger partial charge in [0.15, 0.2) is 11.0 Å². The maximum atomic E-state index is 5.79. The summed E-state index contributed by atoms with van der Waals surface area (Å²) in [6, 6.07) is 18.0. The van der Waals surface area contributed by atoms with Gasteiger partial charge in [-0.05, 0) is 24.3 Å². The molecule has 142 valence electrons. The summed E-state index contributed by atoms with van der Waals surface area (Å²) in [5.41, 5.74) is 2.19. The van der Waals surface area contributed by atoms with Gasteiger partial charge in [0.1, 0.15) is 17.4 Å². The van der Waals surface area contributed by atoms with Gasteiger partial charge < -0.3 is 9.30 Å². The zero-order valence-electron chi connectivity index (χ0n) is 15.1. The molecular formula is C20H17BrN4OS2. The molecule has 5 nitrogen and oxygen atoms in total. The van der Waals surface area contributed by atoms with E-state index in [1.807, 2.05) is 54.1 Å². The molecule has 0 atom stereocenters. The molecule has 0 aliphatic carbocycles. The first-order valence-electron chi connectivity index (χ1n) is 8.58. The Kier molecular flexibility index (Phi) is 6.09. The minimum Gasteiger partial charge on any atom is -0.486 e. The third-order valence-corrected chi connectivity index (χ3v) is 6.55. The van der Waals surface area contributed by atoms with Crippen molar-refractivity contribution in [1.82, 2.24) is 19.7 Å². The van der Waals surface area contributed by atoms with E-state index in [0.29, 0.717) is 6.61 Å². The number of nitrogens with zero attached hydrogens (tertiary/aromatic N) is 4. The molecule has 8 heteroatoms. The van der Waals surface area contributed by atoms with Crippen molar-refractivity contribution in [3.63, 3.8) is 0 Å². The van der Waals surface area contributed by atoms with Gasteiger partial charge in [0, 0.05) is 28.2 Å². The van der Waals surface area contributed by atoms with E-state index < -0.39 is 0 Å². The number of thiazole rings is 1. The Bertz CT molecular complexity index is 1050. The Labute approximate surface area is 179 Å². The van der Waals surface area contributed by atoms with Crippen LogP contribution in [0.15, 0.2) is 69.6 Å². The molecule has 0 bridgehead atoms. The highest BCUT2D eigenvalue weighted by atomic mass is 79.9. The van der Waals surface area contributed by atoms with E-state index in [9.17, 15) is 0 Å². The van der Waals surface area contributed by atoms with E-state index in [-0.39, 0.29) is 0 Å². The highest BCUT2D eigenvalue weighted by Gasteiger charge is 2.12. The summed E-state index contributed by atoms with van der Waals surface area (Å²) in [6.45, 7) is 0.376. The van der Waals surface area contributed by atoms with Crippen LogP contribution >= 0.6 is 39.0 Å².